The fourth-order valence-corrected chi connectivity index (χ4v) is 5.37. The van der Waals surface area contributed by atoms with E-state index in [1.54, 1.807) is 0 Å². The summed E-state index contributed by atoms with van der Waals surface area (Å²) in [5.41, 5.74) is 8.17. The van der Waals surface area contributed by atoms with Gasteiger partial charge >= 0.3 is 0 Å². The lowest BCUT2D eigenvalue weighted by atomic mass is 9.75. The van der Waals surface area contributed by atoms with Crippen LogP contribution in [0.1, 0.15) is 82.8 Å². The van der Waals surface area contributed by atoms with Gasteiger partial charge in [-0.3, -0.25) is 4.90 Å². The molecule has 0 radical (unpaired) electrons. The number of hydrogen-bond acceptors (Lipinski definition) is 3. The molecule has 3 nitrogen and oxygen atoms in total. The van der Waals surface area contributed by atoms with E-state index in [1.165, 1.54) is 63.4 Å². The van der Waals surface area contributed by atoms with Crippen LogP contribution >= 0.6 is 0 Å². The van der Waals surface area contributed by atoms with Crippen molar-refractivity contribution in [3.05, 3.63) is 35.4 Å². The van der Waals surface area contributed by atoms with Gasteiger partial charge in [-0.05, 0) is 93.2 Å². The Morgan fingerprint density at radius 1 is 0.964 bits per heavy atom. The predicted octanol–water partition coefficient (Wildman–Crippen LogP) is 5.48. The summed E-state index contributed by atoms with van der Waals surface area (Å²) in [4.78, 5) is 2.71. The fourth-order valence-electron chi connectivity index (χ4n) is 5.37. The van der Waals surface area contributed by atoms with Crippen molar-refractivity contribution in [1.82, 2.24) is 4.90 Å². The van der Waals surface area contributed by atoms with Crippen LogP contribution in [0.3, 0.4) is 0 Å². The lowest BCUT2D eigenvalue weighted by Crippen LogP contribution is -2.40. The summed E-state index contributed by atoms with van der Waals surface area (Å²) in [5.74, 6) is 2.56. The molecule has 0 bridgehead atoms. The van der Waals surface area contributed by atoms with Crippen molar-refractivity contribution in [1.29, 1.82) is 5.26 Å². The van der Waals surface area contributed by atoms with Crippen LogP contribution in [0.2, 0.25) is 0 Å². The first-order valence-electron chi connectivity index (χ1n) is 11.5. The standard InChI is InChI=1S/C25H39N3/c1-19(2)17-28(18-23-5-3-22(16-26)4-6-23)25-13-9-21(10-14-25)15-20-7-11-24(27)12-8-20/h3-6,19-21,24-25H,7-15,17-18,27H2,1-2H3. The summed E-state index contributed by atoms with van der Waals surface area (Å²) >= 11 is 0. The van der Waals surface area contributed by atoms with Gasteiger partial charge in [0.2, 0.25) is 0 Å². The van der Waals surface area contributed by atoms with Gasteiger partial charge in [-0.2, -0.15) is 5.26 Å². The summed E-state index contributed by atoms with van der Waals surface area (Å²) in [6, 6.07) is 11.6. The number of benzene rings is 1. The summed E-state index contributed by atoms with van der Waals surface area (Å²) in [6.45, 7) is 6.83. The first-order valence-corrected chi connectivity index (χ1v) is 11.5. The molecule has 0 aromatic heterocycles. The first-order chi connectivity index (χ1) is 13.5. The average molecular weight is 382 g/mol. The molecule has 2 fully saturated rings. The van der Waals surface area contributed by atoms with Crippen LogP contribution in [0.15, 0.2) is 24.3 Å². The Bertz CT molecular complexity index is 614. The minimum atomic E-state index is 0.471. The van der Waals surface area contributed by atoms with Crippen LogP contribution in [0.25, 0.3) is 0 Å². The van der Waals surface area contributed by atoms with Gasteiger partial charge in [0, 0.05) is 25.2 Å². The second-order valence-electron chi connectivity index (χ2n) is 9.82. The molecule has 3 heteroatoms. The van der Waals surface area contributed by atoms with Gasteiger partial charge in [0.1, 0.15) is 0 Å². The lowest BCUT2D eigenvalue weighted by molar-refractivity contribution is 0.106. The van der Waals surface area contributed by atoms with E-state index < -0.39 is 0 Å². The number of nitrogens with zero attached hydrogens (tertiary/aromatic N) is 2. The summed E-state index contributed by atoms with van der Waals surface area (Å²) in [5, 5.41) is 9.02. The molecule has 2 saturated carbocycles. The molecule has 0 aliphatic heterocycles. The Morgan fingerprint density at radius 3 is 2.07 bits per heavy atom. The lowest BCUT2D eigenvalue weighted by Gasteiger charge is -2.39. The van der Waals surface area contributed by atoms with Gasteiger partial charge in [-0.25, -0.2) is 0 Å². The topological polar surface area (TPSA) is 53.0 Å². The van der Waals surface area contributed by atoms with Crippen LogP contribution in [0, 0.1) is 29.1 Å². The Labute approximate surface area is 172 Å². The fraction of sp³-hybridized carbons (Fsp3) is 0.720. The Balaban J connectivity index is 1.51. The molecule has 0 saturated heterocycles. The molecule has 2 N–H and O–H groups in total. The molecule has 154 valence electrons. The number of rotatable bonds is 7. The summed E-state index contributed by atoms with van der Waals surface area (Å²) < 4.78 is 0. The maximum atomic E-state index is 9.02. The normalized spacial score (nSPS) is 28.4. The monoisotopic (exact) mass is 381 g/mol. The second kappa shape index (κ2) is 10.4. The minimum absolute atomic E-state index is 0.471. The van der Waals surface area contributed by atoms with Gasteiger partial charge in [0.25, 0.3) is 0 Å². The zero-order valence-electron chi connectivity index (χ0n) is 17.9. The maximum Gasteiger partial charge on any atom is 0.0991 e. The van der Waals surface area contributed by atoms with E-state index in [0.29, 0.717) is 18.0 Å². The highest BCUT2D eigenvalue weighted by Crippen LogP contribution is 2.36. The van der Waals surface area contributed by atoms with E-state index in [2.05, 4.69) is 36.9 Å². The first kappa shape index (κ1) is 21.3. The van der Waals surface area contributed by atoms with Crippen molar-refractivity contribution < 1.29 is 0 Å². The van der Waals surface area contributed by atoms with E-state index in [4.69, 9.17) is 11.0 Å². The Kier molecular flexibility index (Phi) is 7.94. The molecule has 2 aliphatic rings. The van der Waals surface area contributed by atoms with E-state index in [-0.39, 0.29) is 0 Å². The van der Waals surface area contributed by atoms with Crippen molar-refractivity contribution in [2.45, 2.75) is 90.3 Å². The van der Waals surface area contributed by atoms with E-state index in [0.717, 1.165) is 30.5 Å². The number of hydrogen-bond donors (Lipinski definition) is 1. The van der Waals surface area contributed by atoms with Crippen molar-refractivity contribution in [2.75, 3.05) is 6.54 Å². The van der Waals surface area contributed by atoms with Crippen molar-refractivity contribution in [2.24, 2.45) is 23.5 Å². The minimum Gasteiger partial charge on any atom is -0.328 e. The van der Waals surface area contributed by atoms with Gasteiger partial charge in [-0.15, -0.1) is 0 Å². The number of nitrogens with two attached hydrogens (primary N) is 1. The zero-order valence-corrected chi connectivity index (χ0v) is 17.9. The smallest absolute Gasteiger partial charge is 0.0991 e. The Morgan fingerprint density at radius 2 is 1.54 bits per heavy atom. The van der Waals surface area contributed by atoms with Crippen molar-refractivity contribution in [3.8, 4) is 6.07 Å². The third kappa shape index (κ3) is 6.33. The molecule has 2 aliphatic carbocycles. The molecule has 3 rings (SSSR count). The highest BCUT2D eigenvalue weighted by Gasteiger charge is 2.29. The highest BCUT2D eigenvalue weighted by molar-refractivity contribution is 5.31. The molecule has 0 amide bonds. The molecular weight excluding hydrogens is 342 g/mol. The largest absolute Gasteiger partial charge is 0.328 e. The highest BCUT2D eigenvalue weighted by atomic mass is 15.2. The quantitative estimate of drug-likeness (QED) is 0.680. The van der Waals surface area contributed by atoms with E-state index in [9.17, 15) is 0 Å². The molecule has 0 atom stereocenters. The van der Waals surface area contributed by atoms with Crippen molar-refractivity contribution >= 4 is 0 Å². The second-order valence-corrected chi connectivity index (χ2v) is 9.82. The number of nitriles is 1. The summed E-state index contributed by atoms with van der Waals surface area (Å²) in [6.07, 6.45) is 12.1. The van der Waals surface area contributed by atoms with Gasteiger partial charge < -0.3 is 5.73 Å². The Hall–Kier alpha value is -1.37. The third-order valence-corrected chi connectivity index (χ3v) is 6.96. The molecular formula is C25H39N3. The zero-order chi connectivity index (χ0) is 19.9. The molecule has 0 spiro atoms. The SMILES string of the molecule is CC(C)CN(Cc1ccc(C#N)cc1)C1CCC(CC2CCC(N)CC2)CC1. The molecule has 0 unspecified atom stereocenters. The van der Waals surface area contributed by atoms with Gasteiger partial charge in [-0.1, -0.05) is 26.0 Å². The van der Waals surface area contributed by atoms with Crippen LogP contribution < -0.4 is 5.73 Å². The van der Waals surface area contributed by atoms with Crippen LogP contribution in [0.4, 0.5) is 0 Å². The van der Waals surface area contributed by atoms with E-state index in [1.807, 2.05) is 12.1 Å². The van der Waals surface area contributed by atoms with Crippen LogP contribution in [-0.4, -0.2) is 23.5 Å². The molecule has 28 heavy (non-hydrogen) atoms. The average Bonchev–Trinajstić information content (AvgIpc) is 2.70. The van der Waals surface area contributed by atoms with Gasteiger partial charge in [0.05, 0.1) is 11.6 Å². The van der Waals surface area contributed by atoms with E-state index >= 15 is 0 Å². The molecule has 1 aromatic rings. The predicted molar refractivity (Wildman–Crippen MR) is 117 cm³/mol. The van der Waals surface area contributed by atoms with Crippen molar-refractivity contribution in [3.63, 3.8) is 0 Å². The molecule has 1 aromatic carbocycles. The summed E-state index contributed by atoms with van der Waals surface area (Å²) in [7, 11) is 0. The molecule has 0 heterocycles. The van der Waals surface area contributed by atoms with Crippen LogP contribution in [0.5, 0.6) is 0 Å². The van der Waals surface area contributed by atoms with Gasteiger partial charge in [0.15, 0.2) is 0 Å². The maximum absolute atomic E-state index is 9.02. The van der Waals surface area contributed by atoms with Crippen LogP contribution in [-0.2, 0) is 6.54 Å². The third-order valence-electron chi connectivity index (χ3n) is 6.96.